The maximum absolute atomic E-state index is 13.6. The molecule has 1 aromatic heterocycles. The minimum absolute atomic E-state index is 0.0323. The van der Waals surface area contributed by atoms with E-state index in [1.165, 1.54) is 18.3 Å². The third kappa shape index (κ3) is 2.70. The van der Waals surface area contributed by atoms with Gasteiger partial charge in [0.25, 0.3) is 0 Å². The Hall–Kier alpha value is -2.43. The second-order valence-electron chi connectivity index (χ2n) is 3.78. The first-order valence-corrected chi connectivity index (χ1v) is 5.74. The third-order valence-electron chi connectivity index (χ3n) is 2.55. The van der Waals surface area contributed by atoms with Crippen molar-refractivity contribution in [3.63, 3.8) is 0 Å². The van der Waals surface area contributed by atoms with Gasteiger partial charge < -0.3 is 9.84 Å². The summed E-state index contributed by atoms with van der Waals surface area (Å²) in [6.07, 6.45) is 1.30. The quantitative estimate of drug-likeness (QED) is 0.919. The van der Waals surface area contributed by atoms with Crippen LogP contribution in [0.25, 0.3) is 11.3 Å². The van der Waals surface area contributed by atoms with Crippen LogP contribution < -0.4 is 4.74 Å². The largest absolute Gasteiger partial charge is 0.491 e. The van der Waals surface area contributed by atoms with Gasteiger partial charge in [-0.1, -0.05) is 12.1 Å². The van der Waals surface area contributed by atoms with E-state index in [-0.39, 0.29) is 22.6 Å². The lowest BCUT2D eigenvalue weighted by Crippen LogP contribution is -2.04. The molecule has 0 saturated heterocycles. The highest BCUT2D eigenvalue weighted by atomic mass is 19.1. The standard InChI is InChI=1S/C14H12FNO3/c1-2-19-13-8-16-12(7-10(13)14(17)18)9-5-3-4-6-11(9)15/h3-8H,2H2,1H3,(H,17,18). The highest BCUT2D eigenvalue weighted by molar-refractivity contribution is 5.92. The highest BCUT2D eigenvalue weighted by Gasteiger charge is 2.15. The fourth-order valence-electron chi connectivity index (χ4n) is 1.70. The molecule has 0 saturated carbocycles. The Bertz CT molecular complexity index is 613. The Kier molecular flexibility index (Phi) is 3.75. The van der Waals surface area contributed by atoms with Crippen molar-refractivity contribution >= 4 is 5.97 Å². The predicted molar refractivity (Wildman–Crippen MR) is 67.8 cm³/mol. The Morgan fingerprint density at radius 1 is 1.42 bits per heavy atom. The van der Waals surface area contributed by atoms with Crippen LogP contribution >= 0.6 is 0 Å². The van der Waals surface area contributed by atoms with E-state index in [0.717, 1.165) is 0 Å². The minimum Gasteiger partial charge on any atom is -0.491 e. The fourth-order valence-corrected chi connectivity index (χ4v) is 1.70. The van der Waals surface area contributed by atoms with Gasteiger partial charge in [-0.15, -0.1) is 0 Å². The van der Waals surface area contributed by atoms with E-state index in [1.54, 1.807) is 25.1 Å². The molecule has 19 heavy (non-hydrogen) atoms. The van der Waals surface area contributed by atoms with E-state index in [9.17, 15) is 9.18 Å². The molecule has 0 amide bonds. The smallest absolute Gasteiger partial charge is 0.339 e. The van der Waals surface area contributed by atoms with Crippen LogP contribution in [0.1, 0.15) is 17.3 Å². The zero-order chi connectivity index (χ0) is 13.8. The minimum atomic E-state index is -1.14. The normalized spacial score (nSPS) is 10.2. The van der Waals surface area contributed by atoms with Gasteiger partial charge >= 0.3 is 5.97 Å². The van der Waals surface area contributed by atoms with E-state index in [2.05, 4.69) is 4.98 Å². The average molecular weight is 261 g/mol. The number of hydrogen-bond acceptors (Lipinski definition) is 3. The van der Waals surface area contributed by atoms with E-state index >= 15 is 0 Å². The van der Waals surface area contributed by atoms with Crippen molar-refractivity contribution in [2.45, 2.75) is 6.92 Å². The van der Waals surface area contributed by atoms with E-state index in [1.807, 2.05) is 0 Å². The van der Waals surface area contributed by atoms with Crippen molar-refractivity contribution in [1.82, 2.24) is 4.98 Å². The summed E-state index contributed by atoms with van der Waals surface area (Å²) >= 11 is 0. The number of halogens is 1. The van der Waals surface area contributed by atoms with Gasteiger partial charge in [0.05, 0.1) is 18.5 Å². The number of aromatic carboxylic acids is 1. The SMILES string of the molecule is CCOc1cnc(-c2ccccc2F)cc1C(=O)O. The summed E-state index contributed by atoms with van der Waals surface area (Å²) < 4.78 is 18.8. The van der Waals surface area contributed by atoms with Crippen LogP contribution in [0, 0.1) is 5.82 Å². The molecule has 2 rings (SSSR count). The van der Waals surface area contributed by atoms with E-state index in [4.69, 9.17) is 9.84 Å². The molecule has 5 heteroatoms. The van der Waals surface area contributed by atoms with Gasteiger partial charge in [-0.25, -0.2) is 9.18 Å². The van der Waals surface area contributed by atoms with Gasteiger partial charge in [-0.2, -0.15) is 0 Å². The zero-order valence-electron chi connectivity index (χ0n) is 10.3. The van der Waals surface area contributed by atoms with Crippen molar-refractivity contribution in [3.05, 3.63) is 47.9 Å². The second kappa shape index (κ2) is 5.48. The average Bonchev–Trinajstić information content (AvgIpc) is 2.40. The molecule has 2 aromatic rings. The Labute approximate surface area is 109 Å². The number of aromatic nitrogens is 1. The second-order valence-corrected chi connectivity index (χ2v) is 3.78. The van der Waals surface area contributed by atoms with E-state index in [0.29, 0.717) is 6.61 Å². The monoisotopic (exact) mass is 261 g/mol. The van der Waals surface area contributed by atoms with Gasteiger partial charge in [0.1, 0.15) is 11.4 Å². The molecule has 98 valence electrons. The molecule has 0 aliphatic heterocycles. The molecule has 4 nitrogen and oxygen atoms in total. The summed E-state index contributed by atoms with van der Waals surface area (Å²) in [4.78, 5) is 15.2. The fraction of sp³-hybridized carbons (Fsp3) is 0.143. The lowest BCUT2D eigenvalue weighted by atomic mass is 10.1. The molecule has 1 heterocycles. The van der Waals surface area contributed by atoms with Gasteiger partial charge in [0.2, 0.25) is 0 Å². The molecule has 0 aliphatic rings. The first-order chi connectivity index (χ1) is 9.13. The van der Waals surface area contributed by atoms with Crippen molar-refractivity contribution < 1.29 is 19.0 Å². The van der Waals surface area contributed by atoms with Gasteiger partial charge in [0.15, 0.2) is 5.75 Å². The first kappa shape index (κ1) is 13.0. The molecule has 0 aliphatic carbocycles. The van der Waals surface area contributed by atoms with Crippen molar-refractivity contribution in [2.75, 3.05) is 6.61 Å². The number of carboxylic acid groups (broad SMARTS) is 1. The summed E-state index contributed by atoms with van der Waals surface area (Å²) in [5.41, 5.74) is 0.488. The van der Waals surface area contributed by atoms with Crippen LogP contribution in [-0.2, 0) is 0 Å². The summed E-state index contributed by atoms with van der Waals surface area (Å²) in [6.45, 7) is 2.08. The Morgan fingerprint density at radius 2 is 2.16 bits per heavy atom. The van der Waals surface area contributed by atoms with Gasteiger partial charge in [-0.3, -0.25) is 4.98 Å². The molecular weight excluding hydrogens is 249 g/mol. The lowest BCUT2D eigenvalue weighted by Gasteiger charge is -2.09. The number of ether oxygens (including phenoxy) is 1. The zero-order valence-corrected chi connectivity index (χ0v) is 10.3. The number of benzene rings is 1. The lowest BCUT2D eigenvalue weighted by molar-refractivity contribution is 0.0692. The maximum Gasteiger partial charge on any atom is 0.339 e. The van der Waals surface area contributed by atoms with E-state index < -0.39 is 11.8 Å². The number of carboxylic acids is 1. The molecular formula is C14H12FNO3. The number of pyridine rings is 1. The van der Waals surface area contributed by atoms with Crippen molar-refractivity contribution in [2.24, 2.45) is 0 Å². The van der Waals surface area contributed by atoms with Gasteiger partial charge in [0, 0.05) is 5.56 Å². The van der Waals surface area contributed by atoms with Gasteiger partial charge in [-0.05, 0) is 25.1 Å². The molecule has 0 atom stereocenters. The Morgan fingerprint density at radius 3 is 2.79 bits per heavy atom. The summed E-state index contributed by atoms with van der Waals surface area (Å²) in [6, 6.07) is 7.38. The first-order valence-electron chi connectivity index (χ1n) is 5.74. The Balaban J connectivity index is 2.52. The van der Waals surface area contributed by atoms with Crippen LogP contribution in [-0.4, -0.2) is 22.7 Å². The number of rotatable bonds is 4. The molecule has 0 unspecified atom stereocenters. The number of hydrogen-bond donors (Lipinski definition) is 1. The predicted octanol–water partition coefficient (Wildman–Crippen LogP) is 2.98. The summed E-state index contributed by atoms with van der Waals surface area (Å²) in [5.74, 6) is -1.41. The van der Waals surface area contributed by atoms with Crippen molar-refractivity contribution in [1.29, 1.82) is 0 Å². The van der Waals surface area contributed by atoms with Crippen LogP contribution in [0.15, 0.2) is 36.5 Å². The van der Waals surface area contributed by atoms with Crippen LogP contribution in [0.2, 0.25) is 0 Å². The number of nitrogens with zero attached hydrogens (tertiary/aromatic N) is 1. The molecule has 1 aromatic carbocycles. The highest BCUT2D eigenvalue weighted by Crippen LogP contribution is 2.26. The van der Waals surface area contributed by atoms with Crippen LogP contribution in [0.3, 0.4) is 0 Å². The summed E-state index contributed by atoms with van der Waals surface area (Å²) in [5, 5.41) is 9.13. The van der Waals surface area contributed by atoms with Crippen LogP contribution in [0.5, 0.6) is 5.75 Å². The van der Waals surface area contributed by atoms with Crippen molar-refractivity contribution in [3.8, 4) is 17.0 Å². The third-order valence-corrected chi connectivity index (χ3v) is 2.55. The molecule has 1 N–H and O–H groups in total. The van der Waals surface area contributed by atoms with Crippen LogP contribution in [0.4, 0.5) is 4.39 Å². The topological polar surface area (TPSA) is 59.4 Å². The molecule has 0 spiro atoms. The molecule has 0 radical (unpaired) electrons. The number of carbonyl (C=O) groups is 1. The summed E-state index contributed by atoms with van der Waals surface area (Å²) in [7, 11) is 0. The molecule has 0 fully saturated rings. The molecule has 0 bridgehead atoms. The maximum atomic E-state index is 13.6.